The fourth-order valence-electron chi connectivity index (χ4n) is 3.26. The number of nitrogens with zero attached hydrogens (tertiary/aromatic N) is 4. The van der Waals surface area contributed by atoms with E-state index in [0.29, 0.717) is 31.9 Å². The van der Waals surface area contributed by atoms with Crippen molar-refractivity contribution in [2.45, 2.75) is 19.3 Å². The number of aromatic nitrogens is 3. The summed E-state index contributed by atoms with van der Waals surface area (Å²) in [6, 6.07) is 5.46. The molecule has 3 amide bonds. The van der Waals surface area contributed by atoms with Crippen molar-refractivity contribution in [3.05, 3.63) is 30.6 Å². The van der Waals surface area contributed by atoms with E-state index in [0.717, 1.165) is 30.8 Å². The number of urea groups is 1. The van der Waals surface area contributed by atoms with Gasteiger partial charge in [-0.3, -0.25) is 14.9 Å². The quantitative estimate of drug-likeness (QED) is 0.737. The van der Waals surface area contributed by atoms with E-state index in [2.05, 4.69) is 20.5 Å². The van der Waals surface area contributed by atoms with E-state index >= 15 is 0 Å². The average Bonchev–Trinajstić information content (AvgIpc) is 3.27. The topological polar surface area (TPSA) is 103 Å². The van der Waals surface area contributed by atoms with Crippen LogP contribution in [0.4, 0.5) is 4.79 Å². The number of piperidine rings is 1. The molecule has 29 heavy (non-hydrogen) atoms. The first-order valence-electron chi connectivity index (χ1n) is 9.84. The Labute approximate surface area is 170 Å². The summed E-state index contributed by atoms with van der Waals surface area (Å²) >= 11 is 0. The highest BCUT2D eigenvalue weighted by Crippen LogP contribution is 2.21. The fraction of sp³-hybridized carbons (Fsp3) is 0.500. The van der Waals surface area contributed by atoms with Crippen molar-refractivity contribution in [3.63, 3.8) is 0 Å². The number of carbonyl (C=O) groups excluding carboxylic acids is 2. The van der Waals surface area contributed by atoms with Gasteiger partial charge in [-0.05, 0) is 31.0 Å². The van der Waals surface area contributed by atoms with Crippen LogP contribution in [0.2, 0.25) is 0 Å². The van der Waals surface area contributed by atoms with Gasteiger partial charge >= 0.3 is 6.03 Å². The maximum atomic E-state index is 12.4. The van der Waals surface area contributed by atoms with Crippen LogP contribution < -0.4 is 10.1 Å². The molecule has 0 bridgehead atoms. The Bertz CT molecular complexity index is 791. The lowest BCUT2D eigenvalue weighted by atomic mass is 9.98. The molecule has 156 valence electrons. The third kappa shape index (κ3) is 5.94. The highest BCUT2D eigenvalue weighted by molar-refractivity contribution is 5.78. The van der Waals surface area contributed by atoms with Gasteiger partial charge in [-0.1, -0.05) is 0 Å². The van der Waals surface area contributed by atoms with E-state index in [1.54, 1.807) is 26.5 Å². The van der Waals surface area contributed by atoms with Gasteiger partial charge in [-0.25, -0.2) is 4.79 Å². The van der Waals surface area contributed by atoms with Gasteiger partial charge in [0.1, 0.15) is 5.75 Å². The molecule has 2 aromatic heterocycles. The molecule has 3 rings (SSSR count). The minimum Gasteiger partial charge on any atom is -0.492 e. The summed E-state index contributed by atoms with van der Waals surface area (Å²) in [6.45, 7) is 2.34. The molecule has 0 unspecified atom stereocenters. The lowest BCUT2D eigenvalue weighted by Crippen LogP contribution is -2.43. The van der Waals surface area contributed by atoms with Gasteiger partial charge in [0.05, 0.1) is 24.2 Å². The lowest BCUT2D eigenvalue weighted by Gasteiger charge is -2.32. The number of nitrogens with one attached hydrogen (secondary N) is 2. The summed E-state index contributed by atoms with van der Waals surface area (Å²) in [5.74, 6) is 1.07. The first kappa shape index (κ1) is 20.6. The van der Waals surface area contributed by atoms with E-state index in [9.17, 15) is 9.59 Å². The van der Waals surface area contributed by atoms with E-state index in [-0.39, 0.29) is 17.9 Å². The summed E-state index contributed by atoms with van der Waals surface area (Å²) in [4.78, 5) is 31.7. The predicted octanol–water partition coefficient (Wildman–Crippen LogP) is 1.75. The molecule has 0 radical (unpaired) electrons. The Morgan fingerprint density at radius 3 is 2.90 bits per heavy atom. The van der Waals surface area contributed by atoms with Gasteiger partial charge in [0.25, 0.3) is 0 Å². The molecular weight excluding hydrogens is 372 g/mol. The molecular formula is C20H28N6O3. The van der Waals surface area contributed by atoms with E-state index < -0.39 is 0 Å². The third-order valence-electron chi connectivity index (χ3n) is 4.89. The van der Waals surface area contributed by atoms with Crippen LogP contribution >= 0.6 is 0 Å². The molecule has 1 saturated heterocycles. The molecule has 0 saturated carbocycles. The zero-order valence-corrected chi connectivity index (χ0v) is 16.9. The van der Waals surface area contributed by atoms with Crippen LogP contribution in [0.1, 0.15) is 19.3 Å². The van der Waals surface area contributed by atoms with Crippen LogP contribution in [0, 0.1) is 5.92 Å². The Kier molecular flexibility index (Phi) is 7.04. The summed E-state index contributed by atoms with van der Waals surface area (Å²) < 4.78 is 5.90. The molecule has 1 fully saturated rings. The summed E-state index contributed by atoms with van der Waals surface area (Å²) in [6.07, 6.45) is 5.69. The molecule has 2 N–H and O–H groups in total. The Morgan fingerprint density at radius 2 is 2.21 bits per heavy atom. The van der Waals surface area contributed by atoms with Crippen LogP contribution in [0.25, 0.3) is 11.4 Å². The van der Waals surface area contributed by atoms with Crippen molar-refractivity contribution in [3.8, 4) is 17.1 Å². The second kappa shape index (κ2) is 9.90. The van der Waals surface area contributed by atoms with Crippen LogP contribution in [0.15, 0.2) is 30.6 Å². The summed E-state index contributed by atoms with van der Waals surface area (Å²) in [7, 11) is 3.35. The van der Waals surface area contributed by atoms with Crippen LogP contribution in [0.5, 0.6) is 5.75 Å². The van der Waals surface area contributed by atoms with Crippen LogP contribution in [-0.2, 0) is 4.79 Å². The van der Waals surface area contributed by atoms with Crippen molar-refractivity contribution in [1.82, 2.24) is 30.3 Å². The molecule has 0 aromatic carbocycles. The predicted molar refractivity (Wildman–Crippen MR) is 108 cm³/mol. The molecule has 3 heterocycles. The molecule has 2 aromatic rings. The van der Waals surface area contributed by atoms with Crippen LogP contribution in [-0.4, -0.2) is 77.3 Å². The highest BCUT2D eigenvalue weighted by atomic mass is 16.5. The van der Waals surface area contributed by atoms with Crippen LogP contribution in [0.3, 0.4) is 0 Å². The smallest absolute Gasteiger partial charge is 0.316 e. The Hall–Kier alpha value is -3.10. The van der Waals surface area contributed by atoms with E-state index in [4.69, 9.17) is 4.74 Å². The Balaban J connectivity index is 1.42. The number of amides is 3. The van der Waals surface area contributed by atoms with Gasteiger partial charge in [0.15, 0.2) is 0 Å². The molecule has 1 aliphatic heterocycles. The summed E-state index contributed by atoms with van der Waals surface area (Å²) in [5.41, 5.74) is 1.67. The van der Waals surface area contributed by atoms with Crippen molar-refractivity contribution in [2.24, 2.45) is 5.92 Å². The number of likely N-dealkylation sites (tertiary alicyclic amines) is 1. The lowest BCUT2D eigenvalue weighted by molar-refractivity contribution is -0.133. The molecule has 9 heteroatoms. The minimum atomic E-state index is -0.185. The SMILES string of the molecule is CN(C)C(=O)NCCC(=O)N1CCC[C@@H](COc2ccc(-c3ccn[nH]3)nc2)C1. The van der Waals surface area contributed by atoms with Crippen molar-refractivity contribution < 1.29 is 14.3 Å². The maximum absolute atomic E-state index is 12.4. The minimum absolute atomic E-state index is 0.0688. The average molecular weight is 400 g/mol. The van der Waals surface area contributed by atoms with Gasteiger partial charge in [-0.2, -0.15) is 5.10 Å². The van der Waals surface area contributed by atoms with E-state index in [1.165, 1.54) is 4.90 Å². The molecule has 0 spiro atoms. The molecule has 1 atom stereocenters. The van der Waals surface area contributed by atoms with Crippen molar-refractivity contribution in [1.29, 1.82) is 0 Å². The molecule has 9 nitrogen and oxygen atoms in total. The van der Waals surface area contributed by atoms with Crippen molar-refractivity contribution >= 4 is 11.9 Å². The third-order valence-corrected chi connectivity index (χ3v) is 4.89. The Morgan fingerprint density at radius 1 is 1.34 bits per heavy atom. The fourth-order valence-corrected chi connectivity index (χ4v) is 3.26. The second-order valence-corrected chi connectivity index (χ2v) is 7.38. The zero-order chi connectivity index (χ0) is 20.6. The maximum Gasteiger partial charge on any atom is 0.316 e. The van der Waals surface area contributed by atoms with Gasteiger partial charge in [0, 0.05) is 52.3 Å². The van der Waals surface area contributed by atoms with Gasteiger partial charge < -0.3 is 19.9 Å². The van der Waals surface area contributed by atoms with E-state index in [1.807, 2.05) is 23.1 Å². The number of ether oxygens (including phenoxy) is 1. The first-order chi connectivity index (χ1) is 14.0. The second-order valence-electron chi connectivity index (χ2n) is 7.38. The normalized spacial score (nSPS) is 16.3. The molecule has 1 aliphatic rings. The first-order valence-corrected chi connectivity index (χ1v) is 9.84. The summed E-state index contributed by atoms with van der Waals surface area (Å²) in [5, 5.41) is 9.53. The zero-order valence-electron chi connectivity index (χ0n) is 16.9. The number of hydrogen-bond acceptors (Lipinski definition) is 5. The number of pyridine rings is 1. The largest absolute Gasteiger partial charge is 0.492 e. The number of rotatable bonds is 7. The number of H-pyrrole nitrogens is 1. The molecule has 0 aliphatic carbocycles. The number of hydrogen-bond donors (Lipinski definition) is 2. The highest BCUT2D eigenvalue weighted by Gasteiger charge is 2.24. The van der Waals surface area contributed by atoms with Crippen molar-refractivity contribution in [2.75, 3.05) is 40.3 Å². The van der Waals surface area contributed by atoms with Gasteiger partial charge in [0.2, 0.25) is 5.91 Å². The van der Waals surface area contributed by atoms with Gasteiger partial charge in [-0.15, -0.1) is 0 Å². The standard InChI is InChI=1S/C20H28N6O3/c1-25(2)20(28)21-9-8-19(27)26-11-3-4-15(13-26)14-29-16-5-6-17(22-12-16)18-7-10-23-24-18/h5-7,10,12,15H,3-4,8-9,11,13-14H2,1-2H3,(H,21,28)(H,23,24)/t15-/m1/s1. The monoisotopic (exact) mass is 400 g/mol. The number of carbonyl (C=O) groups is 2. The number of aromatic amines is 1.